The summed E-state index contributed by atoms with van der Waals surface area (Å²) in [5.41, 5.74) is 2.55. The lowest BCUT2D eigenvalue weighted by atomic mass is 10.1. The van der Waals surface area contributed by atoms with Gasteiger partial charge in [0, 0.05) is 41.3 Å². The van der Waals surface area contributed by atoms with E-state index in [1.807, 2.05) is 54.6 Å². The molecule has 0 atom stereocenters. The van der Waals surface area contributed by atoms with Crippen LogP contribution in [-0.4, -0.2) is 55.4 Å². The van der Waals surface area contributed by atoms with Crippen molar-refractivity contribution in [1.29, 1.82) is 0 Å². The number of carbonyl (C=O) groups is 2. The SMILES string of the molecule is COc1ccccc1CNC(=O)Cc1cc2c(NC(=O)c3ccc(N4CCOCC4)cc3)[nH]nc2s1. The predicted molar refractivity (Wildman–Crippen MR) is 140 cm³/mol. The summed E-state index contributed by atoms with van der Waals surface area (Å²) in [7, 11) is 1.61. The number of aromatic nitrogens is 2. The zero-order valence-corrected chi connectivity index (χ0v) is 20.7. The van der Waals surface area contributed by atoms with Crippen LogP contribution in [0.4, 0.5) is 11.5 Å². The van der Waals surface area contributed by atoms with E-state index >= 15 is 0 Å². The van der Waals surface area contributed by atoms with Crippen LogP contribution in [0.3, 0.4) is 0 Å². The third-order valence-corrected chi connectivity index (χ3v) is 7.08. The van der Waals surface area contributed by atoms with Gasteiger partial charge in [-0.05, 0) is 36.4 Å². The number of nitrogens with one attached hydrogen (secondary N) is 3. The number of fused-ring (bicyclic) bond motifs is 1. The molecule has 0 bridgehead atoms. The van der Waals surface area contributed by atoms with Crippen LogP contribution in [0, 0.1) is 0 Å². The highest BCUT2D eigenvalue weighted by molar-refractivity contribution is 7.18. The van der Waals surface area contributed by atoms with Crippen molar-refractivity contribution in [1.82, 2.24) is 15.5 Å². The lowest BCUT2D eigenvalue weighted by molar-refractivity contribution is -0.120. The highest BCUT2D eigenvalue weighted by Crippen LogP contribution is 2.30. The number of amides is 2. The lowest BCUT2D eigenvalue weighted by Gasteiger charge is -2.28. The van der Waals surface area contributed by atoms with Crippen molar-refractivity contribution >= 4 is 44.9 Å². The number of ether oxygens (including phenoxy) is 2. The zero-order chi connectivity index (χ0) is 24.9. The summed E-state index contributed by atoms with van der Waals surface area (Å²) >= 11 is 1.42. The Bertz CT molecular complexity index is 1360. The standard InChI is InChI=1S/C26H27N5O4S/c1-34-22-5-3-2-4-18(22)16-27-23(32)15-20-14-21-24(29-30-26(21)36-20)28-25(33)17-6-8-19(9-7-17)31-10-12-35-13-11-31/h2-9,14H,10-13,15-16H2,1H3,(H,27,32)(H2,28,29,30,33). The fourth-order valence-corrected chi connectivity index (χ4v) is 5.13. The molecule has 186 valence electrons. The number of nitrogens with zero attached hydrogens (tertiary/aromatic N) is 2. The largest absolute Gasteiger partial charge is 0.496 e. The van der Waals surface area contributed by atoms with Crippen LogP contribution in [0.15, 0.2) is 54.6 Å². The minimum absolute atomic E-state index is 0.0975. The van der Waals surface area contributed by atoms with Gasteiger partial charge in [0.2, 0.25) is 5.91 Å². The van der Waals surface area contributed by atoms with E-state index < -0.39 is 0 Å². The van der Waals surface area contributed by atoms with Crippen molar-refractivity contribution in [3.63, 3.8) is 0 Å². The molecule has 2 amide bonds. The first-order valence-corrected chi connectivity index (χ1v) is 12.5. The molecule has 0 radical (unpaired) electrons. The molecular formula is C26H27N5O4S. The van der Waals surface area contributed by atoms with Crippen LogP contribution in [-0.2, 0) is 22.5 Å². The Morgan fingerprint density at radius 3 is 2.69 bits per heavy atom. The Labute approximate surface area is 212 Å². The van der Waals surface area contributed by atoms with Gasteiger partial charge in [-0.2, -0.15) is 5.10 Å². The number of rotatable bonds is 8. The summed E-state index contributed by atoms with van der Waals surface area (Å²) in [5.74, 6) is 0.934. The van der Waals surface area contributed by atoms with Crippen molar-refractivity contribution in [2.45, 2.75) is 13.0 Å². The van der Waals surface area contributed by atoms with Crippen LogP contribution in [0.2, 0.25) is 0 Å². The fraction of sp³-hybridized carbons (Fsp3) is 0.269. The number of thiophene rings is 1. The molecule has 9 nitrogen and oxygen atoms in total. The molecule has 0 spiro atoms. The molecule has 36 heavy (non-hydrogen) atoms. The molecule has 1 aliphatic heterocycles. The summed E-state index contributed by atoms with van der Waals surface area (Å²) in [4.78, 5) is 29.2. The van der Waals surface area contributed by atoms with Gasteiger partial charge in [-0.15, -0.1) is 11.3 Å². The maximum absolute atomic E-state index is 12.8. The summed E-state index contributed by atoms with van der Waals surface area (Å²) in [5, 5.41) is 13.8. The first-order valence-electron chi connectivity index (χ1n) is 11.7. The zero-order valence-electron chi connectivity index (χ0n) is 19.9. The molecule has 1 aliphatic rings. The molecule has 3 heterocycles. The Kier molecular flexibility index (Phi) is 7.15. The van der Waals surface area contributed by atoms with Gasteiger partial charge in [-0.3, -0.25) is 14.7 Å². The second-order valence-corrected chi connectivity index (χ2v) is 9.51. The van der Waals surface area contributed by atoms with Crippen LogP contribution >= 0.6 is 11.3 Å². The van der Waals surface area contributed by atoms with Crippen LogP contribution in [0.5, 0.6) is 5.75 Å². The molecule has 0 unspecified atom stereocenters. The minimum atomic E-state index is -0.226. The molecule has 2 aromatic heterocycles. The minimum Gasteiger partial charge on any atom is -0.496 e. The van der Waals surface area contributed by atoms with E-state index in [4.69, 9.17) is 9.47 Å². The Balaban J connectivity index is 1.20. The van der Waals surface area contributed by atoms with Crippen molar-refractivity contribution in [3.05, 3.63) is 70.6 Å². The summed E-state index contributed by atoms with van der Waals surface area (Å²) < 4.78 is 10.7. The number of carbonyl (C=O) groups excluding carboxylic acids is 2. The number of aromatic amines is 1. The highest BCUT2D eigenvalue weighted by atomic mass is 32.1. The number of H-pyrrole nitrogens is 1. The summed E-state index contributed by atoms with van der Waals surface area (Å²) in [6.45, 7) is 3.50. The number of hydrogen-bond acceptors (Lipinski definition) is 7. The average molecular weight is 506 g/mol. The number of morpholine rings is 1. The van der Waals surface area contributed by atoms with Crippen molar-refractivity contribution in [2.24, 2.45) is 0 Å². The third-order valence-electron chi connectivity index (χ3n) is 6.05. The normalized spacial score (nSPS) is 13.5. The molecule has 0 aliphatic carbocycles. The van der Waals surface area contributed by atoms with Gasteiger partial charge in [0.1, 0.15) is 16.4 Å². The molecule has 4 aromatic rings. The van der Waals surface area contributed by atoms with Gasteiger partial charge in [-0.1, -0.05) is 18.2 Å². The van der Waals surface area contributed by atoms with E-state index in [9.17, 15) is 9.59 Å². The van der Waals surface area contributed by atoms with E-state index in [0.29, 0.717) is 31.1 Å². The number of benzene rings is 2. The van der Waals surface area contributed by atoms with E-state index in [1.165, 1.54) is 11.3 Å². The first kappa shape index (κ1) is 23.8. The Morgan fingerprint density at radius 2 is 1.92 bits per heavy atom. The second kappa shape index (κ2) is 10.8. The first-order chi connectivity index (χ1) is 17.6. The van der Waals surface area contributed by atoms with Crippen molar-refractivity contribution in [2.75, 3.05) is 43.6 Å². The summed E-state index contributed by atoms with van der Waals surface area (Å²) in [6, 6.07) is 17.0. The fourth-order valence-electron chi connectivity index (χ4n) is 4.14. The van der Waals surface area contributed by atoms with Gasteiger partial charge in [0.05, 0.1) is 32.1 Å². The molecule has 1 saturated heterocycles. The van der Waals surface area contributed by atoms with Gasteiger partial charge in [0.15, 0.2) is 0 Å². The maximum Gasteiger partial charge on any atom is 0.256 e. The highest BCUT2D eigenvalue weighted by Gasteiger charge is 2.16. The molecule has 5 rings (SSSR count). The number of methoxy groups -OCH3 is 1. The van der Waals surface area contributed by atoms with Crippen molar-refractivity contribution in [3.8, 4) is 5.75 Å². The maximum atomic E-state index is 12.8. The van der Waals surface area contributed by atoms with E-state index in [2.05, 4.69) is 25.7 Å². The molecule has 0 saturated carbocycles. The van der Waals surface area contributed by atoms with Gasteiger partial charge < -0.3 is 25.0 Å². The van der Waals surface area contributed by atoms with E-state index in [1.54, 1.807) is 7.11 Å². The van der Waals surface area contributed by atoms with Gasteiger partial charge in [0.25, 0.3) is 5.91 Å². The number of hydrogen-bond donors (Lipinski definition) is 3. The number of para-hydroxylation sites is 1. The number of anilines is 2. The third kappa shape index (κ3) is 5.34. The Hall–Kier alpha value is -3.89. The monoisotopic (exact) mass is 505 g/mol. The second-order valence-electron chi connectivity index (χ2n) is 8.40. The van der Waals surface area contributed by atoms with Crippen molar-refractivity contribution < 1.29 is 19.1 Å². The van der Waals surface area contributed by atoms with Gasteiger partial charge in [-0.25, -0.2) is 0 Å². The lowest BCUT2D eigenvalue weighted by Crippen LogP contribution is -2.36. The molecular weight excluding hydrogens is 478 g/mol. The molecule has 3 N–H and O–H groups in total. The van der Waals surface area contributed by atoms with Crippen LogP contribution in [0.1, 0.15) is 20.8 Å². The van der Waals surface area contributed by atoms with Crippen LogP contribution in [0.25, 0.3) is 10.2 Å². The molecule has 2 aromatic carbocycles. The molecule has 1 fully saturated rings. The molecule has 10 heteroatoms. The van der Waals surface area contributed by atoms with E-state index in [-0.39, 0.29) is 18.2 Å². The van der Waals surface area contributed by atoms with Gasteiger partial charge >= 0.3 is 0 Å². The Morgan fingerprint density at radius 1 is 1.14 bits per heavy atom. The predicted octanol–water partition coefficient (Wildman–Crippen LogP) is 3.58. The summed E-state index contributed by atoms with van der Waals surface area (Å²) in [6.07, 6.45) is 0.229. The average Bonchev–Trinajstić information content (AvgIpc) is 3.49. The smallest absolute Gasteiger partial charge is 0.256 e. The van der Waals surface area contributed by atoms with Crippen LogP contribution < -0.4 is 20.3 Å². The van der Waals surface area contributed by atoms with E-state index in [0.717, 1.165) is 45.2 Å². The topological polar surface area (TPSA) is 109 Å². The quantitative estimate of drug-likeness (QED) is 0.338.